The minimum atomic E-state index is -4.37. The van der Waals surface area contributed by atoms with Crippen molar-refractivity contribution < 1.29 is 17.7 Å². The van der Waals surface area contributed by atoms with Crippen LogP contribution in [0.3, 0.4) is 0 Å². The minimum Gasteiger partial charge on any atom is -0.352 e. The van der Waals surface area contributed by atoms with E-state index >= 15 is 0 Å². The molecule has 0 saturated carbocycles. The second kappa shape index (κ2) is 8.16. The van der Waals surface area contributed by atoms with Crippen molar-refractivity contribution in [2.45, 2.75) is 18.6 Å². The quantitative estimate of drug-likeness (QED) is 0.472. The first kappa shape index (κ1) is 19.9. The SMILES string of the molecule is N[C@H](CNc1cc(-c2ccc3cnccc3c2)no1)Cc1cccc(C(F)(F)F)c1. The van der Waals surface area contributed by atoms with E-state index in [-0.39, 0.29) is 0 Å². The summed E-state index contributed by atoms with van der Waals surface area (Å²) in [5.74, 6) is 0.444. The van der Waals surface area contributed by atoms with Crippen LogP contribution in [0.1, 0.15) is 11.1 Å². The van der Waals surface area contributed by atoms with Crippen molar-refractivity contribution in [1.29, 1.82) is 0 Å². The lowest BCUT2D eigenvalue weighted by Gasteiger charge is -2.13. The van der Waals surface area contributed by atoms with Gasteiger partial charge >= 0.3 is 6.18 Å². The summed E-state index contributed by atoms with van der Waals surface area (Å²) in [4.78, 5) is 4.10. The number of aromatic nitrogens is 2. The van der Waals surface area contributed by atoms with Crippen LogP contribution in [0.15, 0.2) is 71.5 Å². The average Bonchev–Trinajstić information content (AvgIpc) is 3.21. The molecule has 0 fully saturated rings. The Bertz CT molecular complexity index is 1160. The fourth-order valence-corrected chi connectivity index (χ4v) is 3.22. The molecule has 2 heterocycles. The Morgan fingerprint density at radius 1 is 1.03 bits per heavy atom. The number of hydrogen-bond donors (Lipinski definition) is 2. The number of rotatable bonds is 6. The van der Waals surface area contributed by atoms with E-state index in [9.17, 15) is 13.2 Å². The maximum atomic E-state index is 12.8. The Kier molecular flexibility index (Phi) is 5.41. The van der Waals surface area contributed by atoms with Crippen LogP contribution in [0.2, 0.25) is 0 Å². The topological polar surface area (TPSA) is 77.0 Å². The molecule has 0 spiro atoms. The molecule has 1 atom stereocenters. The van der Waals surface area contributed by atoms with Gasteiger partial charge in [-0.2, -0.15) is 13.2 Å². The zero-order valence-electron chi connectivity index (χ0n) is 15.9. The van der Waals surface area contributed by atoms with Crippen LogP contribution in [0.25, 0.3) is 22.0 Å². The van der Waals surface area contributed by atoms with Gasteiger partial charge in [-0.05, 0) is 35.6 Å². The summed E-state index contributed by atoms with van der Waals surface area (Å²) < 4.78 is 43.8. The number of halogens is 3. The van der Waals surface area contributed by atoms with Gasteiger partial charge in [0.15, 0.2) is 0 Å². The number of pyridine rings is 1. The van der Waals surface area contributed by atoms with E-state index < -0.39 is 17.8 Å². The molecule has 5 nitrogen and oxygen atoms in total. The van der Waals surface area contributed by atoms with Crippen LogP contribution in [0, 0.1) is 0 Å². The Hall–Kier alpha value is -3.39. The lowest BCUT2D eigenvalue weighted by molar-refractivity contribution is -0.137. The molecule has 30 heavy (non-hydrogen) atoms. The van der Waals surface area contributed by atoms with E-state index in [2.05, 4.69) is 15.5 Å². The molecule has 4 rings (SSSR count). The summed E-state index contributed by atoms with van der Waals surface area (Å²) in [7, 11) is 0. The van der Waals surface area contributed by atoms with Crippen molar-refractivity contribution in [3.8, 4) is 11.3 Å². The molecule has 0 aliphatic heterocycles. The number of hydrogen-bond acceptors (Lipinski definition) is 5. The van der Waals surface area contributed by atoms with Gasteiger partial charge in [-0.15, -0.1) is 0 Å². The highest BCUT2D eigenvalue weighted by atomic mass is 19.4. The third-order valence-electron chi connectivity index (χ3n) is 4.74. The van der Waals surface area contributed by atoms with Gasteiger partial charge in [0.25, 0.3) is 0 Å². The molecule has 0 radical (unpaired) electrons. The largest absolute Gasteiger partial charge is 0.416 e. The Morgan fingerprint density at radius 3 is 2.73 bits per heavy atom. The van der Waals surface area contributed by atoms with Gasteiger partial charge in [0.05, 0.1) is 5.56 Å². The highest BCUT2D eigenvalue weighted by Crippen LogP contribution is 2.30. The van der Waals surface area contributed by atoms with Crippen molar-refractivity contribution >= 4 is 16.7 Å². The number of alkyl halides is 3. The van der Waals surface area contributed by atoms with Gasteiger partial charge in [-0.1, -0.05) is 35.5 Å². The number of nitrogens with zero attached hydrogens (tertiary/aromatic N) is 2. The zero-order valence-corrected chi connectivity index (χ0v) is 15.9. The van der Waals surface area contributed by atoms with Crippen LogP contribution in [0.5, 0.6) is 0 Å². The normalized spacial score (nSPS) is 12.8. The molecule has 0 amide bonds. The van der Waals surface area contributed by atoms with Gasteiger partial charge in [0, 0.05) is 42.0 Å². The summed E-state index contributed by atoms with van der Waals surface area (Å²) >= 11 is 0. The van der Waals surface area contributed by atoms with E-state index in [0.29, 0.717) is 30.1 Å². The maximum Gasteiger partial charge on any atom is 0.416 e. The fourth-order valence-electron chi connectivity index (χ4n) is 3.22. The molecular weight excluding hydrogens is 393 g/mol. The Morgan fingerprint density at radius 2 is 1.90 bits per heavy atom. The first-order valence-electron chi connectivity index (χ1n) is 9.35. The summed E-state index contributed by atoms with van der Waals surface area (Å²) in [6.45, 7) is 0.328. The zero-order chi connectivity index (χ0) is 21.1. The molecule has 4 aromatic rings. The van der Waals surface area contributed by atoms with E-state index in [4.69, 9.17) is 10.3 Å². The average molecular weight is 412 g/mol. The maximum absolute atomic E-state index is 12.8. The first-order valence-corrected chi connectivity index (χ1v) is 9.35. The molecule has 2 aromatic carbocycles. The lowest BCUT2D eigenvalue weighted by atomic mass is 10.0. The third kappa shape index (κ3) is 4.60. The molecule has 8 heteroatoms. The van der Waals surface area contributed by atoms with E-state index in [1.807, 2.05) is 24.3 Å². The van der Waals surface area contributed by atoms with Gasteiger partial charge < -0.3 is 15.6 Å². The van der Waals surface area contributed by atoms with Crippen LogP contribution < -0.4 is 11.1 Å². The van der Waals surface area contributed by atoms with Gasteiger partial charge in [-0.3, -0.25) is 4.98 Å². The second-order valence-electron chi connectivity index (χ2n) is 7.06. The predicted octanol–water partition coefficient (Wildman–Crippen LogP) is 4.89. The van der Waals surface area contributed by atoms with Crippen molar-refractivity contribution in [2.24, 2.45) is 5.73 Å². The molecule has 0 aliphatic carbocycles. The van der Waals surface area contributed by atoms with Crippen LogP contribution in [-0.4, -0.2) is 22.7 Å². The van der Waals surface area contributed by atoms with Crippen LogP contribution in [-0.2, 0) is 12.6 Å². The number of fused-ring (bicyclic) bond motifs is 1. The van der Waals surface area contributed by atoms with Crippen molar-refractivity contribution in [3.63, 3.8) is 0 Å². The Balaban J connectivity index is 1.38. The highest BCUT2D eigenvalue weighted by molar-refractivity contribution is 5.86. The second-order valence-corrected chi connectivity index (χ2v) is 7.06. The summed E-state index contributed by atoms with van der Waals surface area (Å²) in [5, 5.41) is 9.20. The molecule has 3 N–H and O–H groups in total. The van der Waals surface area contributed by atoms with Crippen molar-refractivity contribution in [3.05, 3.63) is 78.1 Å². The molecular formula is C22H19F3N4O. The van der Waals surface area contributed by atoms with E-state index in [0.717, 1.165) is 28.5 Å². The van der Waals surface area contributed by atoms with Crippen LogP contribution >= 0.6 is 0 Å². The van der Waals surface area contributed by atoms with Crippen LogP contribution in [0.4, 0.5) is 19.1 Å². The number of nitrogens with one attached hydrogen (secondary N) is 1. The molecule has 0 aliphatic rings. The summed E-state index contributed by atoms with van der Waals surface area (Å²) in [5.41, 5.74) is 7.51. The standard InChI is InChI=1S/C22H19F3N4O/c23-22(24,25)18-3-1-2-14(8-18)9-19(26)13-28-21-11-20(29-30-21)16-4-5-17-12-27-7-6-15(17)10-16/h1-8,10-12,19,28H,9,13,26H2/t19-/m0/s1. The fraction of sp³-hybridized carbons (Fsp3) is 0.182. The highest BCUT2D eigenvalue weighted by Gasteiger charge is 2.30. The van der Waals surface area contributed by atoms with E-state index in [1.165, 1.54) is 6.07 Å². The molecule has 0 saturated heterocycles. The van der Waals surface area contributed by atoms with E-state index in [1.54, 1.807) is 24.5 Å². The van der Waals surface area contributed by atoms with Crippen molar-refractivity contribution in [2.75, 3.05) is 11.9 Å². The number of anilines is 1. The van der Waals surface area contributed by atoms with Gasteiger partial charge in [0.2, 0.25) is 5.88 Å². The van der Waals surface area contributed by atoms with Gasteiger partial charge in [-0.25, -0.2) is 0 Å². The molecule has 0 unspecified atom stereocenters. The first-order chi connectivity index (χ1) is 14.4. The third-order valence-corrected chi connectivity index (χ3v) is 4.74. The minimum absolute atomic E-state index is 0.302. The number of benzene rings is 2. The molecule has 154 valence electrons. The van der Waals surface area contributed by atoms with Crippen molar-refractivity contribution in [1.82, 2.24) is 10.1 Å². The molecule has 0 bridgehead atoms. The molecule has 2 aromatic heterocycles. The summed E-state index contributed by atoms with van der Waals surface area (Å²) in [6, 6.07) is 14.4. The number of nitrogens with two attached hydrogens (primary N) is 1. The Labute approximate surface area is 170 Å². The van der Waals surface area contributed by atoms with Gasteiger partial charge in [0.1, 0.15) is 5.69 Å². The predicted molar refractivity (Wildman–Crippen MR) is 109 cm³/mol. The summed E-state index contributed by atoms with van der Waals surface area (Å²) in [6.07, 6.45) is -0.543. The monoisotopic (exact) mass is 412 g/mol. The smallest absolute Gasteiger partial charge is 0.352 e. The lowest BCUT2D eigenvalue weighted by Crippen LogP contribution is -2.31.